The van der Waals surface area contributed by atoms with E-state index in [4.69, 9.17) is 11.6 Å². The van der Waals surface area contributed by atoms with Crippen LogP contribution in [0.4, 0.5) is 0 Å². The molecule has 1 spiro atoms. The number of rotatable bonds is 2. The van der Waals surface area contributed by atoms with Crippen molar-refractivity contribution < 1.29 is 4.79 Å². The van der Waals surface area contributed by atoms with Crippen LogP contribution in [0.5, 0.6) is 0 Å². The molecule has 1 aliphatic heterocycles. The summed E-state index contributed by atoms with van der Waals surface area (Å²) in [6, 6.07) is 7.81. The van der Waals surface area contributed by atoms with E-state index < -0.39 is 0 Å². The molecule has 3 nitrogen and oxygen atoms in total. The van der Waals surface area contributed by atoms with E-state index in [2.05, 4.69) is 5.32 Å². The summed E-state index contributed by atoms with van der Waals surface area (Å²) >= 11 is 6.32. The van der Waals surface area contributed by atoms with Crippen LogP contribution < -0.4 is 5.32 Å². The molecule has 1 heterocycles. The molecule has 0 radical (unpaired) electrons. The molecule has 20 heavy (non-hydrogen) atoms. The monoisotopic (exact) mass is 292 g/mol. The van der Waals surface area contributed by atoms with E-state index in [1.165, 1.54) is 6.42 Å². The Hall–Kier alpha value is -1.06. The predicted octanol–water partition coefficient (Wildman–Crippen LogP) is 3.49. The van der Waals surface area contributed by atoms with Gasteiger partial charge in [0.1, 0.15) is 6.17 Å². The lowest BCUT2D eigenvalue weighted by Crippen LogP contribution is -2.48. The Labute approximate surface area is 125 Å². The van der Waals surface area contributed by atoms with E-state index in [9.17, 15) is 4.79 Å². The van der Waals surface area contributed by atoms with Crippen LogP contribution >= 0.6 is 11.6 Å². The largest absolute Gasteiger partial charge is 0.322 e. The second-order valence-electron chi connectivity index (χ2n) is 5.80. The van der Waals surface area contributed by atoms with E-state index in [-0.39, 0.29) is 17.6 Å². The molecule has 2 fully saturated rings. The molecule has 1 aliphatic carbocycles. The molecule has 0 bridgehead atoms. The van der Waals surface area contributed by atoms with Gasteiger partial charge in [0, 0.05) is 17.1 Å². The van der Waals surface area contributed by atoms with Crippen LogP contribution in [0.25, 0.3) is 0 Å². The molecule has 4 heteroatoms. The van der Waals surface area contributed by atoms with Crippen LogP contribution in [0.3, 0.4) is 0 Å². The van der Waals surface area contributed by atoms with E-state index >= 15 is 0 Å². The molecule has 1 atom stereocenters. The third kappa shape index (κ3) is 2.13. The number of nitrogens with one attached hydrogen (secondary N) is 1. The van der Waals surface area contributed by atoms with Crippen LogP contribution in [-0.4, -0.2) is 22.9 Å². The summed E-state index contributed by atoms with van der Waals surface area (Å²) in [4.78, 5) is 14.8. The summed E-state index contributed by atoms with van der Waals surface area (Å²) in [5.41, 5.74) is 0.657. The Morgan fingerprint density at radius 1 is 1.30 bits per heavy atom. The number of likely N-dealkylation sites (N-methyl/N-ethyl adjacent to an activating group) is 1. The molecule has 2 aliphatic rings. The minimum Gasteiger partial charge on any atom is -0.322 e. The van der Waals surface area contributed by atoms with Gasteiger partial charge in [-0.3, -0.25) is 10.1 Å². The van der Waals surface area contributed by atoms with E-state index in [0.717, 1.165) is 36.3 Å². The van der Waals surface area contributed by atoms with Gasteiger partial charge in [-0.2, -0.15) is 0 Å². The lowest BCUT2D eigenvalue weighted by molar-refractivity contribution is -0.134. The zero-order valence-electron chi connectivity index (χ0n) is 11.9. The summed E-state index contributed by atoms with van der Waals surface area (Å²) < 4.78 is 0. The van der Waals surface area contributed by atoms with E-state index in [1.807, 2.05) is 36.1 Å². The first-order valence-corrected chi connectivity index (χ1v) is 7.89. The van der Waals surface area contributed by atoms with Crippen molar-refractivity contribution in [3.63, 3.8) is 0 Å². The van der Waals surface area contributed by atoms with Crippen LogP contribution in [0, 0.1) is 0 Å². The molecule has 1 saturated heterocycles. The quantitative estimate of drug-likeness (QED) is 0.905. The Balaban J connectivity index is 1.96. The number of hydrogen-bond acceptors (Lipinski definition) is 2. The average Bonchev–Trinajstić information content (AvgIpc) is 2.73. The fourth-order valence-electron chi connectivity index (χ4n) is 3.58. The molecule has 0 aromatic heterocycles. The van der Waals surface area contributed by atoms with E-state index in [0.29, 0.717) is 6.54 Å². The number of carbonyl (C=O) groups excluding carboxylic acids is 1. The predicted molar refractivity (Wildman–Crippen MR) is 80.5 cm³/mol. The number of halogens is 1. The van der Waals surface area contributed by atoms with Crippen molar-refractivity contribution in [3.8, 4) is 0 Å². The summed E-state index contributed by atoms with van der Waals surface area (Å²) in [5.74, 6) is 0.254. The first-order chi connectivity index (χ1) is 9.68. The van der Waals surface area contributed by atoms with Crippen molar-refractivity contribution in [2.24, 2.45) is 0 Å². The fourth-order valence-corrected chi connectivity index (χ4v) is 3.81. The summed E-state index contributed by atoms with van der Waals surface area (Å²) in [6.45, 7) is 2.74. The molecular weight excluding hydrogens is 272 g/mol. The maximum absolute atomic E-state index is 12.8. The highest BCUT2D eigenvalue weighted by molar-refractivity contribution is 6.31. The van der Waals surface area contributed by atoms with Crippen molar-refractivity contribution in [1.82, 2.24) is 10.2 Å². The van der Waals surface area contributed by atoms with Crippen LogP contribution in [0.2, 0.25) is 5.02 Å². The van der Waals surface area contributed by atoms with Gasteiger partial charge in [0.25, 0.3) is 0 Å². The number of benzene rings is 1. The van der Waals surface area contributed by atoms with Gasteiger partial charge in [-0.15, -0.1) is 0 Å². The lowest BCUT2D eigenvalue weighted by Gasteiger charge is -2.31. The number of carbonyl (C=O) groups is 1. The number of nitrogens with zero attached hydrogens (tertiary/aromatic N) is 1. The van der Waals surface area contributed by atoms with Crippen LogP contribution in [0.1, 0.15) is 50.8 Å². The second kappa shape index (κ2) is 5.38. The van der Waals surface area contributed by atoms with Crippen molar-refractivity contribution in [2.45, 2.75) is 50.7 Å². The van der Waals surface area contributed by atoms with Crippen molar-refractivity contribution >= 4 is 17.5 Å². The highest BCUT2D eigenvalue weighted by Gasteiger charge is 2.51. The van der Waals surface area contributed by atoms with Gasteiger partial charge in [0.05, 0.1) is 5.54 Å². The zero-order valence-corrected chi connectivity index (χ0v) is 12.6. The first kappa shape index (κ1) is 13.9. The molecule has 1 aromatic carbocycles. The molecule has 1 aromatic rings. The summed E-state index contributed by atoms with van der Waals surface area (Å²) in [6.07, 6.45) is 5.31. The Morgan fingerprint density at radius 3 is 2.65 bits per heavy atom. The third-order valence-electron chi connectivity index (χ3n) is 4.64. The maximum Gasteiger partial charge on any atom is 0.244 e. The second-order valence-corrected chi connectivity index (χ2v) is 6.21. The molecule has 3 rings (SSSR count). The number of hydrogen-bond donors (Lipinski definition) is 1. The zero-order chi connectivity index (χ0) is 14.2. The highest BCUT2D eigenvalue weighted by atomic mass is 35.5. The van der Waals surface area contributed by atoms with Crippen LogP contribution in [0.15, 0.2) is 24.3 Å². The molecular formula is C16H21ClN2O. The fraction of sp³-hybridized carbons (Fsp3) is 0.562. The number of amides is 1. The third-order valence-corrected chi connectivity index (χ3v) is 4.99. The Bertz CT molecular complexity index is 511. The summed E-state index contributed by atoms with van der Waals surface area (Å²) in [7, 11) is 0. The Kier molecular flexibility index (Phi) is 3.74. The highest BCUT2D eigenvalue weighted by Crippen LogP contribution is 2.40. The maximum atomic E-state index is 12.8. The summed E-state index contributed by atoms with van der Waals surface area (Å²) in [5, 5.41) is 4.33. The van der Waals surface area contributed by atoms with Gasteiger partial charge in [-0.1, -0.05) is 49.1 Å². The van der Waals surface area contributed by atoms with Crippen molar-refractivity contribution in [2.75, 3.05) is 6.54 Å². The van der Waals surface area contributed by atoms with Gasteiger partial charge in [-0.05, 0) is 25.8 Å². The van der Waals surface area contributed by atoms with E-state index in [1.54, 1.807) is 0 Å². The lowest BCUT2D eigenvalue weighted by atomic mass is 9.81. The van der Waals surface area contributed by atoms with Gasteiger partial charge >= 0.3 is 0 Å². The smallest absolute Gasteiger partial charge is 0.244 e. The van der Waals surface area contributed by atoms with Gasteiger partial charge in [0.15, 0.2) is 0 Å². The molecule has 1 unspecified atom stereocenters. The van der Waals surface area contributed by atoms with Crippen molar-refractivity contribution in [1.29, 1.82) is 0 Å². The first-order valence-electron chi connectivity index (χ1n) is 7.51. The molecule has 1 saturated carbocycles. The SMILES string of the molecule is CCN1C(=O)C2(CCCCC2)NC1c1ccccc1Cl. The minimum atomic E-state index is -0.349. The molecule has 1 amide bonds. The van der Waals surface area contributed by atoms with Gasteiger partial charge in [-0.25, -0.2) is 0 Å². The van der Waals surface area contributed by atoms with Gasteiger partial charge < -0.3 is 4.90 Å². The minimum absolute atomic E-state index is 0.0840. The Morgan fingerprint density at radius 2 is 2.00 bits per heavy atom. The van der Waals surface area contributed by atoms with Gasteiger partial charge in [0.2, 0.25) is 5.91 Å². The molecule has 108 valence electrons. The normalized spacial score (nSPS) is 25.4. The standard InChI is InChI=1S/C16H21ClN2O/c1-2-19-14(12-8-4-5-9-13(12)17)18-16(15(19)20)10-6-3-7-11-16/h4-5,8-9,14,18H,2-3,6-7,10-11H2,1H3. The molecule has 1 N–H and O–H groups in total. The van der Waals surface area contributed by atoms with Crippen molar-refractivity contribution in [3.05, 3.63) is 34.9 Å². The van der Waals surface area contributed by atoms with Crippen LogP contribution in [-0.2, 0) is 4.79 Å². The average molecular weight is 293 g/mol. The topological polar surface area (TPSA) is 32.3 Å².